The molecule has 342 valence electrons. The van der Waals surface area contributed by atoms with Crippen molar-refractivity contribution in [3.63, 3.8) is 0 Å². The Morgan fingerprint density at radius 1 is 0.938 bits per heavy atom. The third-order valence-electron chi connectivity index (χ3n) is 11.1. The maximum atomic E-state index is 14.5. The number of nitrogens with two attached hydrogens (primary N) is 1. The van der Waals surface area contributed by atoms with Gasteiger partial charge in [-0.2, -0.15) is 8.78 Å². The Morgan fingerprint density at radius 2 is 1.58 bits per heavy atom. The molecular formula is C47H49ClF2N6O9. The van der Waals surface area contributed by atoms with E-state index in [1.165, 1.54) is 48.2 Å². The van der Waals surface area contributed by atoms with E-state index in [0.717, 1.165) is 18.1 Å². The van der Waals surface area contributed by atoms with Crippen LogP contribution in [0.4, 0.5) is 8.78 Å². The number of amides is 4. The van der Waals surface area contributed by atoms with Crippen LogP contribution in [0, 0.1) is 0 Å². The van der Waals surface area contributed by atoms with Crippen LogP contribution in [0.3, 0.4) is 0 Å². The molecule has 4 amide bonds. The summed E-state index contributed by atoms with van der Waals surface area (Å²) in [6, 6.07) is 15.7. The molecular weight excluding hydrogens is 866 g/mol. The third-order valence-corrected chi connectivity index (χ3v) is 11.3. The van der Waals surface area contributed by atoms with Gasteiger partial charge in [0.05, 0.1) is 12.1 Å². The second-order valence-corrected chi connectivity index (χ2v) is 16.1. The van der Waals surface area contributed by atoms with Gasteiger partial charge in [-0.05, 0) is 110 Å². The monoisotopic (exact) mass is 914 g/mol. The van der Waals surface area contributed by atoms with Crippen LogP contribution in [0.25, 0.3) is 22.3 Å². The van der Waals surface area contributed by atoms with Gasteiger partial charge >= 0.3 is 11.9 Å². The lowest BCUT2D eigenvalue weighted by Gasteiger charge is -2.36. The third kappa shape index (κ3) is 11.6. The van der Waals surface area contributed by atoms with Crippen molar-refractivity contribution < 1.29 is 52.6 Å². The number of ketones is 1. The van der Waals surface area contributed by atoms with Gasteiger partial charge in [0.15, 0.2) is 6.29 Å². The molecule has 1 aliphatic heterocycles. The normalized spacial score (nSPS) is 17.2. The number of carboxylic acid groups (broad SMARTS) is 1. The minimum Gasteiger partial charge on any atom is -0.507 e. The number of likely N-dealkylation sites (N-methyl/N-ethyl adjacent to an activating group) is 1. The molecule has 0 spiro atoms. The zero-order valence-electron chi connectivity index (χ0n) is 35.7. The van der Waals surface area contributed by atoms with E-state index >= 15 is 0 Å². The Balaban J connectivity index is 1.51. The minimum atomic E-state index is -4.83. The summed E-state index contributed by atoms with van der Waals surface area (Å²) in [6.45, 7) is 6.87. The maximum absolute atomic E-state index is 14.5. The lowest BCUT2D eigenvalue weighted by molar-refractivity contribution is -0.172. The molecule has 0 fully saturated rings. The van der Waals surface area contributed by atoms with Crippen LogP contribution in [0.15, 0.2) is 97.2 Å². The van der Waals surface area contributed by atoms with E-state index in [0.29, 0.717) is 53.8 Å². The highest BCUT2D eigenvalue weighted by molar-refractivity contribution is 6.30. The Morgan fingerprint density at radius 3 is 2.20 bits per heavy atom. The first-order valence-corrected chi connectivity index (χ1v) is 20.9. The lowest BCUT2D eigenvalue weighted by atomic mass is 9.91. The van der Waals surface area contributed by atoms with Crippen LogP contribution in [-0.2, 0) is 30.4 Å². The second-order valence-electron chi connectivity index (χ2n) is 15.7. The van der Waals surface area contributed by atoms with E-state index in [1.54, 1.807) is 43.4 Å². The number of halogens is 3. The van der Waals surface area contributed by atoms with Crippen molar-refractivity contribution in [3.8, 4) is 28.0 Å². The average molecular weight is 915 g/mol. The number of Topliss-reactive ketones (excluding diaryl/α,β-unsaturated/α-hetero) is 1. The van der Waals surface area contributed by atoms with E-state index in [9.17, 15) is 47.4 Å². The number of rotatable bonds is 16. The summed E-state index contributed by atoms with van der Waals surface area (Å²) in [5, 5.41) is 30.8. The van der Waals surface area contributed by atoms with Crippen molar-refractivity contribution >= 4 is 53.3 Å². The van der Waals surface area contributed by atoms with Crippen molar-refractivity contribution in [2.45, 2.75) is 75.7 Å². The lowest BCUT2D eigenvalue weighted by Crippen LogP contribution is -2.57. The Bertz CT molecular complexity index is 2480. The molecule has 15 nitrogen and oxygen atoms in total. The first-order valence-electron chi connectivity index (χ1n) is 20.5. The highest BCUT2D eigenvalue weighted by Crippen LogP contribution is 2.36. The molecule has 8 N–H and O–H groups in total. The fourth-order valence-electron chi connectivity index (χ4n) is 7.34. The average Bonchev–Trinajstić information content (AvgIpc) is 3.28. The number of nitrogens with one attached hydrogen (secondary N) is 4. The van der Waals surface area contributed by atoms with Crippen LogP contribution in [0.1, 0.15) is 71.0 Å². The topological polar surface area (TPSA) is 237 Å². The van der Waals surface area contributed by atoms with E-state index in [1.807, 2.05) is 17.4 Å². The van der Waals surface area contributed by atoms with Crippen molar-refractivity contribution in [3.05, 3.63) is 124 Å². The first-order chi connectivity index (χ1) is 30.8. The van der Waals surface area contributed by atoms with Gasteiger partial charge in [0.25, 0.3) is 5.91 Å². The number of hydrogen-bond donors (Lipinski definition) is 7. The molecule has 0 aliphatic carbocycles. The SMILES string of the molecule is C=C(C(CCCCN)NC(=O)c1ccc(-c2ccc(Cl)cc2)cc1)N(C)C1C(=O)NC(C)C(=O)NC(C(=O)NC(C)C(=O)C(F)(F)C(=O)O)Cc2ccc(O)c(c2)-c2cc1ccc2C=O. The van der Waals surface area contributed by atoms with Crippen molar-refractivity contribution in [1.29, 1.82) is 0 Å². The van der Waals surface area contributed by atoms with Crippen molar-refractivity contribution in [1.82, 2.24) is 26.2 Å². The van der Waals surface area contributed by atoms with Crippen LogP contribution in [0.2, 0.25) is 5.02 Å². The number of nitrogens with zero attached hydrogens (tertiary/aromatic N) is 1. The number of phenolic OH excluding ortho intramolecular Hbond substituents is 1. The molecule has 18 heteroatoms. The van der Waals surface area contributed by atoms with Crippen LogP contribution < -0.4 is 27.0 Å². The molecule has 4 aromatic carbocycles. The van der Waals surface area contributed by atoms with Crippen molar-refractivity contribution in [2.24, 2.45) is 5.73 Å². The quantitative estimate of drug-likeness (QED) is 0.0451. The van der Waals surface area contributed by atoms with Crippen LogP contribution in [0.5, 0.6) is 5.75 Å². The minimum absolute atomic E-state index is 0.0849. The number of aliphatic carboxylic acids is 1. The highest BCUT2D eigenvalue weighted by atomic mass is 35.5. The van der Waals surface area contributed by atoms with Gasteiger partial charge in [-0.25, -0.2) is 4.79 Å². The molecule has 0 aromatic heterocycles. The molecule has 0 saturated carbocycles. The summed E-state index contributed by atoms with van der Waals surface area (Å²) in [4.78, 5) is 93.0. The first kappa shape index (κ1) is 49.0. The number of alkyl halides is 2. The fourth-order valence-corrected chi connectivity index (χ4v) is 7.46. The van der Waals surface area contributed by atoms with E-state index in [4.69, 9.17) is 22.4 Å². The van der Waals surface area contributed by atoms with Gasteiger partial charge in [-0.15, -0.1) is 0 Å². The second kappa shape index (κ2) is 21.1. The van der Waals surface area contributed by atoms with Gasteiger partial charge in [-0.3, -0.25) is 28.8 Å². The van der Waals surface area contributed by atoms with E-state index in [2.05, 4.69) is 22.5 Å². The molecule has 1 heterocycles. The molecule has 1 aliphatic rings. The standard InChI is InChI=1S/C47H49ClF2N6O9/c1-25(41(59)47(49,50)46(64)65)52-44(62)38-22-28-8-19-39(58)36(21-28)35-23-32(13-14-33(35)24-57)40(45(63)53-26(2)42(60)55-38)56(4)27(3)37(7-5-6-20-51)54-43(61)31-11-9-29(10-12-31)30-15-17-34(48)18-16-30/h8-19,21,23-26,37-38,40,58H,3,5-7,20,22,51H2,1-2,4H3,(H,52,62)(H,53,63)(H,54,61)(H,55,60)(H,64,65). The number of benzene rings is 4. The Hall–Kier alpha value is -6.98. The number of hydrogen-bond acceptors (Lipinski definition) is 10. The zero-order chi connectivity index (χ0) is 47.7. The smallest absolute Gasteiger partial charge is 0.401 e. The Kier molecular flexibility index (Phi) is 15.9. The fraction of sp³-hybridized carbons (Fsp3) is 0.298. The Labute approximate surface area is 378 Å². The van der Waals surface area contributed by atoms with E-state index in [-0.39, 0.29) is 34.6 Å². The number of fused-ring (bicyclic) bond motifs is 5. The number of aromatic hydroxyl groups is 1. The number of phenols is 1. The predicted molar refractivity (Wildman–Crippen MR) is 238 cm³/mol. The van der Waals surface area contributed by atoms with Gasteiger partial charge in [0.2, 0.25) is 23.5 Å². The molecule has 65 heavy (non-hydrogen) atoms. The molecule has 5 unspecified atom stereocenters. The van der Waals surface area contributed by atoms with E-state index < -0.39 is 71.5 Å². The molecule has 0 saturated heterocycles. The summed E-state index contributed by atoms with van der Waals surface area (Å²) < 4.78 is 28.2. The molecule has 4 bridgehead atoms. The largest absolute Gasteiger partial charge is 0.507 e. The number of carbonyl (C=O) groups excluding carboxylic acids is 6. The zero-order valence-corrected chi connectivity index (χ0v) is 36.5. The number of aldehydes is 1. The van der Waals surface area contributed by atoms with Crippen LogP contribution >= 0.6 is 11.6 Å². The van der Waals surface area contributed by atoms with Gasteiger partial charge in [0.1, 0.15) is 23.9 Å². The van der Waals surface area contributed by atoms with Gasteiger partial charge in [0, 0.05) is 40.9 Å². The summed E-state index contributed by atoms with van der Waals surface area (Å²) in [7, 11) is 1.56. The number of carboxylic acids is 1. The summed E-state index contributed by atoms with van der Waals surface area (Å²) >= 11 is 6.05. The van der Waals surface area contributed by atoms with Crippen molar-refractivity contribution in [2.75, 3.05) is 13.6 Å². The van der Waals surface area contributed by atoms with Gasteiger partial charge in [-0.1, -0.05) is 60.6 Å². The highest BCUT2D eigenvalue weighted by Gasteiger charge is 2.50. The molecule has 5 rings (SSSR count). The summed E-state index contributed by atoms with van der Waals surface area (Å²) in [5.74, 6) is -13.2. The number of unbranched alkanes of at least 4 members (excludes halogenated alkanes) is 1. The van der Waals surface area contributed by atoms with Gasteiger partial charge < -0.3 is 42.1 Å². The summed E-state index contributed by atoms with van der Waals surface area (Å²) in [6.07, 6.45) is 1.72. The maximum Gasteiger partial charge on any atom is 0.401 e. The molecule has 5 atom stereocenters. The predicted octanol–water partition coefficient (Wildman–Crippen LogP) is 4.95. The number of carbonyl (C=O) groups is 7. The van der Waals surface area contributed by atoms with Crippen LogP contribution in [-0.4, -0.2) is 100 Å². The molecule has 0 radical (unpaired) electrons. The molecule has 4 aromatic rings. The summed E-state index contributed by atoms with van der Waals surface area (Å²) in [5.41, 5.74) is 9.15.